The number of amides is 4. The molecular weight excluding hydrogens is 661 g/mol. The standard InChI is InChI=1S/C34H37F2N5O5S2/c1-18(27-13-20(17-48-27)29(37)40-32(45)46-33(2,3)4)39-31(44)26-14-21(47-5)16-41(26)28(42)15-38-30(43)19-10-11-25-23(12-19)22-8-6-7-9-24(22)34(25,35)36/h6-13,17-18,21,26H,14-16H2,1-5H3,(H,38,43)(H,39,44)(H2,37,40,45)/t18-,21-,26+/m1/s1. The monoisotopic (exact) mass is 697 g/mol. The van der Waals surface area contributed by atoms with Crippen molar-refractivity contribution >= 4 is 52.7 Å². The van der Waals surface area contributed by atoms with Gasteiger partial charge in [-0.05, 0) is 69.7 Å². The molecular formula is C34H37F2N5O5S2. The molecule has 1 aliphatic carbocycles. The van der Waals surface area contributed by atoms with E-state index in [0.717, 1.165) is 4.88 Å². The molecule has 1 fully saturated rings. The Kier molecular flexibility index (Phi) is 9.97. The summed E-state index contributed by atoms with van der Waals surface area (Å²) in [7, 11) is 0. The number of fused-ring (bicyclic) bond motifs is 3. The van der Waals surface area contributed by atoms with Gasteiger partial charge in [0.25, 0.3) is 11.8 Å². The SMILES string of the molecule is CS[C@@H]1C[C@@H](C(=O)N[C@H](C)c2cc(C(=N)NC(=O)OC(C)(C)C)cs2)N(C(=O)CNC(=O)c2ccc3c(c2)-c2ccccc2C3(F)F)C1. The zero-order valence-corrected chi connectivity index (χ0v) is 28.7. The number of amidine groups is 1. The van der Waals surface area contributed by atoms with Gasteiger partial charge in [-0.15, -0.1) is 11.3 Å². The number of likely N-dealkylation sites (tertiary alicyclic amines) is 1. The molecule has 3 atom stereocenters. The molecule has 5 rings (SSSR count). The molecule has 4 amide bonds. The molecule has 0 spiro atoms. The van der Waals surface area contributed by atoms with E-state index in [9.17, 15) is 28.0 Å². The third kappa shape index (κ3) is 7.39. The molecule has 0 saturated carbocycles. The number of thiophene rings is 1. The molecule has 0 unspecified atom stereocenters. The van der Waals surface area contributed by atoms with Gasteiger partial charge in [0.05, 0.1) is 12.6 Å². The van der Waals surface area contributed by atoms with Crippen molar-refractivity contribution in [1.82, 2.24) is 20.9 Å². The molecule has 0 radical (unpaired) electrons. The van der Waals surface area contributed by atoms with E-state index in [1.54, 1.807) is 69.1 Å². The highest BCUT2D eigenvalue weighted by Crippen LogP contribution is 2.50. The molecule has 1 aromatic heterocycles. The fourth-order valence-corrected chi connectivity index (χ4v) is 7.33. The molecule has 2 heterocycles. The van der Waals surface area contributed by atoms with Crippen LogP contribution in [0.1, 0.15) is 72.1 Å². The van der Waals surface area contributed by atoms with Crippen LogP contribution in [-0.2, 0) is 20.2 Å². The summed E-state index contributed by atoms with van der Waals surface area (Å²) in [6.07, 6.45) is 1.59. The van der Waals surface area contributed by atoms with Gasteiger partial charge in [0, 0.05) is 44.3 Å². The lowest BCUT2D eigenvalue weighted by molar-refractivity contribution is -0.137. The molecule has 1 aliphatic heterocycles. The number of carbonyl (C=O) groups is 4. The van der Waals surface area contributed by atoms with Crippen LogP contribution in [0.3, 0.4) is 0 Å². The smallest absolute Gasteiger partial charge is 0.413 e. The Morgan fingerprint density at radius 1 is 1.08 bits per heavy atom. The van der Waals surface area contributed by atoms with Gasteiger partial charge in [-0.3, -0.25) is 25.1 Å². The summed E-state index contributed by atoms with van der Waals surface area (Å²) in [4.78, 5) is 54.1. The highest BCUT2D eigenvalue weighted by atomic mass is 32.2. The second-order valence-electron chi connectivity index (χ2n) is 12.7. The second-order valence-corrected chi connectivity index (χ2v) is 14.8. The number of carbonyl (C=O) groups excluding carboxylic acids is 4. The molecule has 4 N–H and O–H groups in total. The molecule has 1 saturated heterocycles. The van der Waals surface area contributed by atoms with Crippen LogP contribution in [0.25, 0.3) is 11.1 Å². The summed E-state index contributed by atoms with van der Waals surface area (Å²) < 4.78 is 35.1. The number of alkyl halides is 2. The van der Waals surface area contributed by atoms with Gasteiger partial charge in [0.1, 0.15) is 17.5 Å². The number of hydrogen-bond acceptors (Lipinski definition) is 8. The molecule has 3 aromatic rings. The zero-order chi connectivity index (χ0) is 35.0. The molecule has 48 heavy (non-hydrogen) atoms. The van der Waals surface area contributed by atoms with Crippen molar-refractivity contribution < 1.29 is 32.7 Å². The maximum atomic E-state index is 14.9. The summed E-state index contributed by atoms with van der Waals surface area (Å²) in [5, 5.41) is 17.9. The van der Waals surface area contributed by atoms with Crippen molar-refractivity contribution in [2.45, 2.75) is 63.0 Å². The fourth-order valence-electron chi connectivity index (χ4n) is 5.74. The van der Waals surface area contributed by atoms with E-state index in [4.69, 9.17) is 10.1 Å². The van der Waals surface area contributed by atoms with Gasteiger partial charge < -0.3 is 20.3 Å². The Labute approximate surface area is 285 Å². The third-order valence-corrected chi connectivity index (χ3v) is 10.2. The highest BCUT2D eigenvalue weighted by Gasteiger charge is 2.44. The van der Waals surface area contributed by atoms with E-state index < -0.39 is 41.5 Å². The number of ether oxygens (including phenoxy) is 1. The molecule has 254 valence electrons. The largest absolute Gasteiger partial charge is 0.444 e. The maximum absolute atomic E-state index is 14.9. The van der Waals surface area contributed by atoms with Crippen molar-refractivity contribution in [3.63, 3.8) is 0 Å². The van der Waals surface area contributed by atoms with Crippen molar-refractivity contribution in [1.29, 1.82) is 5.41 Å². The molecule has 2 aromatic carbocycles. The van der Waals surface area contributed by atoms with Crippen LogP contribution in [0.4, 0.5) is 13.6 Å². The minimum absolute atomic E-state index is 0.0156. The Morgan fingerprint density at radius 3 is 2.50 bits per heavy atom. The van der Waals surface area contributed by atoms with E-state index >= 15 is 0 Å². The van der Waals surface area contributed by atoms with Crippen LogP contribution < -0.4 is 16.0 Å². The number of rotatable bonds is 8. The van der Waals surface area contributed by atoms with Gasteiger partial charge in [0.2, 0.25) is 11.8 Å². The Morgan fingerprint density at radius 2 is 1.79 bits per heavy atom. The Balaban J connectivity index is 1.20. The van der Waals surface area contributed by atoms with Gasteiger partial charge in [-0.25, -0.2) is 4.79 Å². The quantitative estimate of drug-likeness (QED) is 0.177. The minimum Gasteiger partial charge on any atom is -0.444 e. The van der Waals surface area contributed by atoms with Crippen molar-refractivity contribution in [2.75, 3.05) is 19.3 Å². The lowest BCUT2D eigenvalue weighted by Gasteiger charge is -2.25. The number of nitrogens with zero attached hydrogens (tertiary/aromatic N) is 1. The van der Waals surface area contributed by atoms with Gasteiger partial charge >= 0.3 is 6.09 Å². The van der Waals surface area contributed by atoms with E-state index in [1.807, 2.05) is 6.26 Å². The normalized spacial score (nSPS) is 18.4. The van der Waals surface area contributed by atoms with Crippen molar-refractivity contribution in [2.24, 2.45) is 0 Å². The number of alkyl carbamates (subject to hydrolysis) is 1. The number of benzene rings is 2. The maximum Gasteiger partial charge on any atom is 0.413 e. The topological polar surface area (TPSA) is 141 Å². The summed E-state index contributed by atoms with van der Waals surface area (Å²) in [5.74, 6) is -4.68. The molecule has 2 aliphatic rings. The van der Waals surface area contributed by atoms with E-state index in [1.165, 1.54) is 40.5 Å². The molecule has 10 nitrogen and oxygen atoms in total. The van der Waals surface area contributed by atoms with Crippen LogP contribution in [0.2, 0.25) is 0 Å². The van der Waals surface area contributed by atoms with Gasteiger partial charge in [-0.1, -0.05) is 30.3 Å². The lowest BCUT2D eigenvalue weighted by Crippen LogP contribution is -2.49. The van der Waals surface area contributed by atoms with Crippen LogP contribution in [-0.4, -0.2) is 70.8 Å². The van der Waals surface area contributed by atoms with Gasteiger partial charge in [0.15, 0.2) is 0 Å². The number of hydrogen-bond donors (Lipinski definition) is 4. The summed E-state index contributed by atoms with van der Waals surface area (Å²) in [6.45, 7) is 6.91. The van der Waals surface area contributed by atoms with Crippen molar-refractivity contribution in [3.8, 4) is 11.1 Å². The predicted molar refractivity (Wildman–Crippen MR) is 182 cm³/mol. The highest BCUT2D eigenvalue weighted by molar-refractivity contribution is 7.99. The summed E-state index contributed by atoms with van der Waals surface area (Å²) in [5.41, 5.74) is 0.242. The average Bonchev–Trinajstić information content (AvgIpc) is 3.75. The predicted octanol–water partition coefficient (Wildman–Crippen LogP) is 5.66. The van der Waals surface area contributed by atoms with Crippen LogP contribution in [0.15, 0.2) is 53.9 Å². The van der Waals surface area contributed by atoms with E-state index in [-0.39, 0.29) is 45.8 Å². The fraction of sp³-hybridized carbons (Fsp3) is 0.382. The summed E-state index contributed by atoms with van der Waals surface area (Å²) >= 11 is 2.86. The van der Waals surface area contributed by atoms with E-state index in [2.05, 4.69) is 16.0 Å². The van der Waals surface area contributed by atoms with Crippen LogP contribution >= 0.6 is 23.1 Å². The number of halogens is 2. The first-order valence-electron chi connectivity index (χ1n) is 15.3. The van der Waals surface area contributed by atoms with Gasteiger partial charge in [-0.2, -0.15) is 20.5 Å². The first-order chi connectivity index (χ1) is 22.6. The molecule has 14 heteroatoms. The Bertz CT molecular complexity index is 1770. The first-order valence-corrected chi connectivity index (χ1v) is 17.5. The number of nitrogens with one attached hydrogen (secondary N) is 4. The van der Waals surface area contributed by atoms with E-state index in [0.29, 0.717) is 24.1 Å². The molecule has 0 bridgehead atoms. The minimum atomic E-state index is -3.17. The number of thioether (sulfide) groups is 1. The first kappa shape index (κ1) is 35.0. The lowest BCUT2D eigenvalue weighted by atomic mass is 10.0. The zero-order valence-electron chi connectivity index (χ0n) is 27.1. The van der Waals surface area contributed by atoms with Crippen molar-refractivity contribution in [3.05, 3.63) is 81.0 Å². The Hall–Kier alpha value is -4.30. The van der Waals surface area contributed by atoms with Crippen LogP contribution in [0.5, 0.6) is 0 Å². The third-order valence-electron chi connectivity index (χ3n) is 8.11. The summed E-state index contributed by atoms with van der Waals surface area (Å²) in [6, 6.07) is 10.6. The van der Waals surface area contributed by atoms with Crippen LogP contribution in [0, 0.1) is 5.41 Å². The second kappa shape index (κ2) is 13.7. The average molecular weight is 698 g/mol.